The zero-order valence-electron chi connectivity index (χ0n) is 15.7. The predicted molar refractivity (Wildman–Crippen MR) is 96.4 cm³/mol. The Morgan fingerprint density at radius 3 is 2.35 bits per heavy atom. The molecule has 3 aromatic rings. The maximum Gasteiger partial charge on any atom is 0.417 e. The van der Waals surface area contributed by atoms with Crippen LogP contribution in [0.3, 0.4) is 0 Å². The van der Waals surface area contributed by atoms with E-state index in [0.717, 1.165) is 35.1 Å². The van der Waals surface area contributed by atoms with Crippen molar-refractivity contribution in [1.29, 1.82) is 0 Å². The van der Waals surface area contributed by atoms with Crippen LogP contribution in [0.2, 0.25) is 0 Å². The summed E-state index contributed by atoms with van der Waals surface area (Å²) in [6.45, 7) is 0.707. The van der Waals surface area contributed by atoms with Gasteiger partial charge in [-0.2, -0.15) is 18.3 Å². The molecule has 0 spiro atoms. The number of aromatic nitrogens is 3. The summed E-state index contributed by atoms with van der Waals surface area (Å²) in [6, 6.07) is 4.30. The molecule has 0 bridgehead atoms. The van der Waals surface area contributed by atoms with E-state index < -0.39 is 41.9 Å². The summed E-state index contributed by atoms with van der Waals surface area (Å²) < 4.78 is 70.2. The van der Waals surface area contributed by atoms with Crippen LogP contribution in [0.5, 0.6) is 0 Å². The monoisotopic (exact) mass is 440 g/mol. The van der Waals surface area contributed by atoms with E-state index in [-0.39, 0.29) is 22.8 Å². The number of hydrogen-bond donors (Lipinski definition) is 1. The van der Waals surface area contributed by atoms with Crippen LogP contribution < -0.4 is 5.32 Å². The number of esters is 1. The van der Waals surface area contributed by atoms with Crippen LogP contribution in [0, 0.1) is 18.6 Å². The van der Waals surface area contributed by atoms with Gasteiger partial charge < -0.3 is 10.1 Å². The number of amides is 1. The lowest BCUT2D eigenvalue weighted by Gasteiger charge is -2.09. The molecular weight excluding hydrogens is 427 g/mol. The summed E-state index contributed by atoms with van der Waals surface area (Å²) >= 11 is 0. The fraction of sp³-hybridized carbons (Fsp3) is 0.158. The van der Waals surface area contributed by atoms with E-state index in [4.69, 9.17) is 4.74 Å². The molecule has 2 aromatic heterocycles. The Balaban J connectivity index is 1.65. The van der Waals surface area contributed by atoms with Crippen LogP contribution in [0.4, 0.5) is 27.6 Å². The molecular formula is C19H13F5N4O3. The first kappa shape index (κ1) is 21.9. The molecule has 3 rings (SSSR count). The Morgan fingerprint density at radius 2 is 1.77 bits per heavy atom. The Bertz CT molecular complexity index is 1110. The number of hydrogen-bond acceptors (Lipinski definition) is 5. The van der Waals surface area contributed by atoms with Gasteiger partial charge in [-0.05, 0) is 31.2 Å². The number of anilines is 1. The highest BCUT2D eigenvalue weighted by atomic mass is 19.4. The molecule has 1 N–H and O–H groups in total. The number of benzene rings is 1. The molecule has 0 saturated carbocycles. The highest BCUT2D eigenvalue weighted by molar-refractivity contribution is 5.95. The topological polar surface area (TPSA) is 86.1 Å². The van der Waals surface area contributed by atoms with Gasteiger partial charge in [-0.15, -0.1) is 0 Å². The molecule has 12 heteroatoms. The summed E-state index contributed by atoms with van der Waals surface area (Å²) in [4.78, 5) is 27.7. The number of alkyl halides is 3. The third-order valence-electron chi connectivity index (χ3n) is 4.00. The van der Waals surface area contributed by atoms with Crippen molar-refractivity contribution in [2.75, 3.05) is 11.9 Å². The highest BCUT2D eigenvalue weighted by Gasteiger charge is 2.31. The van der Waals surface area contributed by atoms with Gasteiger partial charge in [0.25, 0.3) is 5.91 Å². The second-order valence-electron chi connectivity index (χ2n) is 6.24. The number of carbonyl (C=O) groups is 2. The first-order chi connectivity index (χ1) is 14.5. The molecule has 0 aliphatic rings. The van der Waals surface area contributed by atoms with E-state index in [9.17, 15) is 31.5 Å². The molecule has 1 amide bonds. The molecule has 2 heterocycles. The fourth-order valence-corrected chi connectivity index (χ4v) is 2.55. The number of pyridine rings is 1. The van der Waals surface area contributed by atoms with Crippen molar-refractivity contribution in [3.05, 3.63) is 71.2 Å². The Labute approximate surface area is 171 Å². The molecule has 162 valence electrons. The van der Waals surface area contributed by atoms with Crippen molar-refractivity contribution >= 4 is 17.6 Å². The van der Waals surface area contributed by atoms with Crippen LogP contribution in [-0.4, -0.2) is 33.2 Å². The molecule has 0 aliphatic heterocycles. The quantitative estimate of drug-likeness (QED) is 0.484. The van der Waals surface area contributed by atoms with Crippen molar-refractivity contribution in [3.8, 4) is 5.82 Å². The summed E-state index contributed by atoms with van der Waals surface area (Å²) in [5.74, 6) is -3.53. The Kier molecular flexibility index (Phi) is 5.99. The first-order valence-electron chi connectivity index (χ1n) is 8.56. The van der Waals surface area contributed by atoms with Crippen molar-refractivity contribution in [2.24, 2.45) is 0 Å². The van der Waals surface area contributed by atoms with Crippen LogP contribution >= 0.6 is 0 Å². The second-order valence-corrected chi connectivity index (χ2v) is 6.24. The summed E-state index contributed by atoms with van der Waals surface area (Å²) in [5.41, 5.74) is -0.933. The normalized spacial score (nSPS) is 11.3. The Morgan fingerprint density at radius 1 is 1.10 bits per heavy atom. The maximum atomic E-state index is 13.1. The Hall–Kier alpha value is -3.83. The van der Waals surface area contributed by atoms with E-state index in [0.29, 0.717) is 12.3 Å². The van der Waals surface area contributed by atoms with Crippen molar-refractivity contribution in [2.45, 2.75) is 13.1 Å². The summed E-state index contributed by atoms with van der Waals surface area (Å²) in [7, 11) is 0. The van der Waals surface area contributed by atoms with Crippen molar-refractivity contribution in [1.82, 2.24) is 14.8 Å². The van der Waals surface area contributed by atoms with Gasteiger partial charge >= 0.3 is 12.1 Å². The lowest BCUT2D eigenvalue weighted by molar-refractivity contribution is -0.137. The maximum absolute atomic E-state index is 13.1. The van der Waals surface area contributed by atoms with E-state index in [1.165, 1.54) is 6.92 Å². The lowest BCUT2D eigenvalue weighted by Crippen LogP contribution is -2.21. The van der Waals surface area contributed by atoms with Gasteiger partial charge in [0.1, 0.15) is 17.2 Å². The first-order valence-corrected chi connectivity index (χ1v) is 8.56. The second kappa shape index (κ2) is 8.50. The zero-order chi connectivity index (χ0) is 22.8. The number of rotatable bonds is 5. The molecule has 0 aliphatic carbocycles. The SMILES string of the molecule is Cc1c(C(=O)OCC(=O)Nc2cc(F)cc(F)c2)cnn1-c1ccc(C(F)(F)F)cn1. The largest absolute Gasteiger partial charge is 0.452 e. The van der Waals surface area contributed by atoms with Gasteiger partial charge in [-0.1, -0.05) is 0 Å². The van der Waals surface area contributed by atoms with Gasteiger partial charge in [0.15, 0.2) is 12.4 Å². The fourth-order valence-electron chi connectivity index (χ4n) is 2.55. The number of nitrogens with one attached hydrogen (secondary N) is 1. The van der Waals surface area contributed by atoms with E-state index >= 15 is 0 Å². The minimum atomic E-state index is -4.54. The highest BCUT2D eigenvalue weighted by Crippen LogP contribution is 2.28. The summed E-state index contributed by atoms with van der Waals surface area (Å²) in [5, 5.41) is 6.08. The standard InChI is InChI=1S/C19H13F5N4O3/c1-10-15(8-26-28(10)16-3-2-11(7-25-16)19(22,23)24)18(30)31-9-17(29)27-14-5-12(20)4-13(21)6-14/h2-8H,9H2,1H3,(H,27,29). The molecule has 0 fully saturated rings. The zero-order valence-corrected chi connectivity index (χ0v) is 15.7. The average molecular weight is 440 g/mol. The van der Waals surface area contributed by atoms with E-state index in [2.05, 4.69) is 15.4 Å². The average Bonchev–Trinajstić information content (AvgIpc) is 3.06. The van der Waals surface area contributed by atoms with Gasteiger partial charge in [-0.3, -0.25) is 4.79 Å². The smallest absolute Gasteiger partial charge is 0.417 e. The van der Waals surface area contributed by atoms with Crippen molar-refractivity contribution in [3.63, 3.8) is 0 Å². The minimum Gasteiger partial charge on any atom is -0.452 e. The van der Waals surface area contributed by atoms with Crippen LogP contribution in [0.25, 0.3) is 5.82 Å². The molecule has 7 nitrogen and oxygen atoms in total. The molecule has 1 aromatic carbocycles. The van der Waals surface area contributed by atoms with Gasteiger partial charge in [0, 0.05) is 18.0 Å². The predicted octanol–water partition coefficient (Wildman–Crippen LogP) is 3.67. The molecule has 0 radical (unpaired) electrons. The third kappa shape index (κ3) is 5.21. The summed E-state index contributed by atoms with van der Waals surface area (Å²) in [6.07, 6.45) is -2.80. The van der Waals surface area contributed by atoms with E-state index in [1.807, 2.05) is 0 Å². The van der Waals surface area contributed by atoms with Gasteiger partial charge in [-0.25, -0.2) is 23.2 Å². The number of ether oxygens (including phenoxy) is 1. The molecule has 0 atom stereocenters. The minimum absolute atomic E-state index is 0.0374. The number of carbonyl (C=O) groups excluding carboxylic acids is 2. The van der Waals surface area contributed by atoms with Crippen LogP contribution in [-0.2, 0) is 15.7 Å². The third-order valence-corrected chi connectivity index (χ3v) is 4.00. The molecule has 0 saturated heterocycles. The van der Waals surface area contributed by atoms with Gasteiger partial charge in [0.05, 0.1) is 17.5 Å². The van der Waals surface area contributed by atoms with Crippen LogP contribution in [0.1, 0.15) is 21.6 Å². The van der Waals surface area contributed by atoms with E-state index in [1.54, 1.807) is 0 Å². The van der Waals surface area contributed by atoms with Crippen LogP contribution in [0.15, 0.2) is 42.7 Å². The number of nitrogens with zero attached hydrogens (tertiary/aromatic N) is 3. The van der Waals surface area contributed by atoms with Crippen molar-refractivity contribution < 1.29 is 36.3 Å². The molecule has 31 heavy (non-hydrogen) atoms. The number of halogens is 5. The lowest BCUT2D eigenvalue weighted by atomic mass is 10.2. The molecule has 0 unspecified atom stereocenters. The van der Waals surface area contributed by atoms with Gasteiger partial charge in [0.2, 0.25) is 0 Å².